The number of aromatic hydroxyl groups is 2. The molecule has 0 fully saturated rings. The molecule has 0 spiro atoms. The molecule has 0 heterocycles. The van der Waals surface area contributed by atoms with Crippen molar-refractivity contribution in [2.24, 2.45) is 0 Å². The van der Waals surface area contributed by atoms with Crippen molar-refractivity contribution in [1.29, 1.82) is 0 Å². The monoisotopic (exact) mass is 1380 g/mol. The standard InChI is InChI=1S/C67H115F13N4O3Si4/c1-12-28-58(40-38-56(88-7)32-24-20-16-14-18-22-30-52-34-36-54(60(85)48-52)50-83(5)45-26-43-81-3)90(8,9)87-91(10,11)59(29-13-2)41-39-57(89-47-42-62(68,69)63(70,71)64(72,73)65(74,75)66(76,77)67(78,79)80)33-25-21-17-15-19-23-31-53-35-37-55(61(86)49-53)51-84(6)46-27-44-82-4/h34-37,48-49,56-59,81-82,85-86H,12-33,38-47,50-51H2,1-11H3. The Morgan fingerprint density at radius 2 is 0.879 bits per heavy atom. The molecule has 4 radical (unpaired) electrons. The quantitative estimate of drug-likeness (QED) is 0.0299. The maximum Gasteiger partial charge on any atom is 0.460 e. The first-order chi connectivity index (χ1) is 42.5. The number of unbranched alkanes of at least 4 members (excludes halogenated alkanes) is 10. The fourth-order valence-electron chi connectivity index (χ4n) is 12.6. The van der Waals surface area contributed by atoms with Crippen LogP contribution < -0.4 is 10.6 Å². The normalized spacial score (nSPS) is 14.9. The van der Waals surface area contributed by atoms with Crippen LogP contribution in [0.15, 0.2) is 36.4 Å². The van der Waals surface area contributed by atoms with E-state index in [0.29, 0.717) is 49.1 Å². The highest BCUT2D eigenvalue weighted by atomic mass is 28.4. The summed E-state index contributed by atoms with van der Waals surface area (Å²) in [5, 5.41) is 27.7. The van der Waals surface area contributed by atoms with Gasteiger partial charge in [-0.2, -0.15) is 57.1 Å². The first-order valence-electron chi connectivity index (χ1n) is 33.9. The van der Waals surface area contributed by atoms with E-state index in [4.69, 9.17) is 4.12 Å². The number of alkyl halides is 13. The maximum absolute atomic E-state index is 15.1. The Morgan fingerprint density at radius 1 is 0.495 bits per heavy atom. The molecule has 0 aromatic heterocycles. The zero-order chi connectivity index (χ0) is 68.7. The lowest BCUT2D eigenvalue weighted by atomic mass is 9.93. The minimum absolute atomic E-state index is 0.106. The Hall–Kier alpha value is -2.20. The Bertz CT molecular complexity index is 2290. The Balaban J connectivity index is 2.09. The van der Waals surface area contributed by atoms with Crippen molar-refractivity contribution in [2.45, 2.75) is 297 Å². The van der Waals surface area contributed by atoms with Crippen molar-refractivity contribution in [3.8, 4) is 11.5 Å². The van der Waals surface area contributed by atoms with E-state index in [-0.39, 0.29) is 16.8 Å². The Kier molecular flexibility index (Phi) is 38.4. The van der Waals surface area contributed by atoms with E-state index in [9.17, 15) is 58.5 Å². The number of hydrogen-bond donors (Lipinski definition) is 4. The topological polar surface area (TPSA) is 80.2 Å². The van der Waals surface area contributed by atoms with Crippen LogP contribution in [-0.2, 0) is 30.0 Å². The lowest BCUT2D eigenvalue weighted by molar-refractivity contribution is -0.439. The van der Waals surface area contributed by atoms with Crippen molar-refractivity contribution < 1.29 is 71.4 Å². The van der Waals surface area contributed by atoms with Gasteiger partial charge in [0.2, 0.25) is 0 Å². The summed E-state index contributed by atoms with van der Waals surface area (Å²) in [6, 6.07) is 11.0. The number of hydrogen-bond acceptors (Lipinski definition) is 7. The number of aryl methyl sites for hydroxylation is 2. The van der Waals surface area contributed by atoms with Gasteiger partial charge in [-0.05, 0) is 165 Å². The van der Waals surface area contributed by atoms with Gasteiger partial charge in [0, 0.05) is 49.7 Å². The molecule has 0 aliphatic rings. The fourth-order valence-corrected chi connectivity index (χ4v) is 25.7. The molecular formula is C67H115F13N4O3Si4. The highest BCUT2D eigenvalue weighted by Gasteiger charge is 2.90. The fraction of sp³-hybridized carbons (Fsp3) is 0.821. The van der Waals surface area contributed by atoms with Gasteiger partial charge in [-0.1, -0.05) is 179 Å². The number of nitrogens with zero attached hydrogens (tertiary/aromatic N) is 2. The number of phenolic OH excluding ortho intramolecular Hbond substituents is 2. The van der Waals surface area contributed by atoms with Gasteiger partial charge >= 0.3 is 35.8 Å². The summed E-state index contributed by atoms with van der Waals surface area (Å²) in [5.41, 5.74) is 4.76. The van der Waals surface area contributed by atoms with Gasteiger partial charge in [0.15, 0.2) is 16.6 Å². The second-order valence-corrected chi connectivity index (χ2v) is 38.9. The van der Waals surface area contributed by atoms with E-state index in [2.05, 4.69) is 86.2 Å². The molecule has 4 N–H and O–H groups in total. The SMILES string of the molecule is CCCC(CCC(CCCCCCCCc1ccc(CN(C)CCCNC)c(O)c1)[Si]C)[Si](C)(C)O[Si](C)(C)C(CCC)CCC(CCCCCCCCc1ccc(CN(C)CCCNC)c(O)c1)[Si]CCC(F)(F)C(F)(F)C(F)(F)C(F)(F)C(F)(F)C(F)(F)F. The molecule has 4 unspecified atom stereocenters. The zero-order valence-corrected chi connectivity index (χ0v) is 60.9. The molecule has 0 saturated carbocycles. The molecule has 0 aliphatic heterocycles. The summed E-state index contributed by atoms with van der Waals surface area (Å²) in [6.45, 7) is 20.6. The molecule has 24 heteroatoms. The van der Waals surface area contributed by atoms with E-state index in [1.165, 1.54) is 37.7 Å². The smallest absolute Gasteiger partial charge is 0.460 e. The van der Waals surface area contributed by atoms with Crippen LogP contribution in [0.1, 0.15) is 197 Å². The minimum Gasteiger partial charge on any atom is -0.508 e. The third kappa shape index (κ3) is 28.0. The molecule has 91 heavy (non-hydrogen) atoms. The van der Waals surface area contributed by atoms with Gasteiger partial charge in [0.05, 0.1) is 0 Å². The van der Waals surface area contributed by atoms with E-state index in [1.807, 2.05) is 39.3 Å². The molecule has 2 rings (SSSR count). The van der Waals surface area contributed by atoms with Crippen LogP contribution in [0.3, 0.4) is 0 Å². The summed E-state index contributed by atoms with van der Waals surface area (Å²) in [6.07, 6.45) is 14.6. The highest BCUT2D eigenvalue weighted by Crippen LogP contribution is 2.61. The molecule has 2 aromatic rings. The summed E-state index contributed by atoms with van der Waals surface area (Å²) < 4.78 is 190. The first kappa shape index (κ1) is 84.9. The Labute approximate surface area is 546 Å². The summed E-state index contributed by atoms with van der Waals surface area (Å²) in [4.78, 5) is 4.38. The molecule has 7 nitrogen and oxygen atoms in total. The highest BCUT2D eigenvalue weighted by molar-refractivity contribution is 6.86. The van der Waals surface area contributed by atoms with E-state index in [1.54, 1.807) is 6.07 Å². The van der Waals surface area contributed by atoms with Crippen LogP contribution >= 0.6 is 0 Å². The van der Waals surface area contributed by atoms with Crippen molar-refractivity contribution in [2.75, 3.05) is 54.4 Å². The van der Waals surface area contributed by atoms with Crippen molar-refractivity contribution in [3.05, 3.63) is 58.7 Å². The van der Waals surface area contributed by atoms with Crippen molar-refractivity contribution in [1.82, 2.24) is 20.4 Å². The number of rotatable bonds is 53. The average molecular weight is 1380 g/mol. The predicted molar refractivity (Wildman–Crippen MR) is 355 cm³/mol. The van der Waals surface area contributed by atoms with Crippen LogP contribution in [0.2, 0.25) is 60.9 Å². The van der Waals surface area contributed by atoms with Crippen LogP contribution in [0.25, 0.3) is 0 Å². The van der Waals surface area contributed by atoms with Gasteiger partial charge in [-0.25, -0.2) is 0 Å². The summed E-state index contributed by atoms with van der Waals surface area (Å²) in [7, 11) is 3.34. The number of phenols is 2. The van der Waals surface area contributed by atoms with Crippen LogP contribution in [0, 0.1) is 0 Å². The lowest BCUT2D eigenvalue weighted by Crippen LogP contribution is -2.70. The number of nitrogens with one attached hydrogen (secondary N) is 2. The summed E-state index contributed by atoms with van der Waals surface area (Å²) >= 11 is 0. The molecule has 2 aromatic carbocycles. The number of halogens is 13. The van der Waals surface area contributed by atoms with Crippen LogP contribution in [0.5, 0.6) is 11.5 Å². The van der Waals surface area contributed by atoms with E-state index in [0.717, 1.165) is 168 Å². The van der Waals surface area contributed by atoms with E-state index >= 15 is 8.78 Å². The largest absolute Gasteiger partial charge is 0.508 e. The second kappa shape index (κ2) is 41.1. The first-order valence-corrected chi connectivity index (χ1v) is 42.7. The molecular weight excluding hydrogens is 1270 g/mol. The van der Waals surface area contributed by atoms with Gasteiger partial charge in [0.1, 0.15) is 11.5 Å². The molecule has 0 amide bonds. The van der Waals surface area contributed by atoms with E-state index < -0.39 is 74.4 Å². The second-order valence-electron chi connectivity index (χ2n) is 27.0. The molecule has 0 aliphatic carbocycles. The zero-order valence-electron chi connectivity index (χ0n) is 56.9. The van der Waals surface area contributed by atoms with Gasteiger partial charge in [0.25, 0.3) is 0 Å². The predicted octanol–water partition coefficient (Wildman–Crippen LogP) is 20.3. The third-order valence-electron chi connectivity index (χ3n) is 18.4. The molecule has 4 atom stereocenters. The molecule has 0 bridgehead atoms. The Morgan fingerprint density at radius 3 is 1.26 bits per heavy atom. The van der Waals surface area contributed by atoms with Gasteiger partial charge < -0.3 is 34.8 Å². The average Bonchev–Trinajstić information content (AvgIpc) is 0.714. The van der Waals surface area contributed by atoms with Crippen molar-refractivity contribution in [3.63, 3.8) is 0 Å². The molecule has 528 valence electrons. The van der Waals surface area contributed by atoms with Crippen LogP contribution in [0.4, 0.5) is 57.1 Å². The summed E-state index contributed by atoms with van der Waals surface area (Å²) in [5.74, 6) is -36.1. The molecule has 0 saturated heterocycles. The number of benzene rings is 2. The van der Waals surface area contributed by atoms with Gasteiger partial charge in [-0.3, -0.25) is 0 Å². The maximum atomic E-state index is 15.1. The van der Waals surface area contributed by atoms with Crippen LogP contribution in [-0.4, -0.2) is 146 Å². The third-order valence-corrected chi connectivity index (χ3v) is 30.8. The van der Waals surface area contributed by atoms with Crippen molar-refractivity contribution >= 4 is 35.7 Å². The van der Waals surface area contributed by atoms with Gasteiger partial charge in [-0.15, -0.1) is 0 Å². The lowest BCUT2D eigenvalue weighted by Gasteiger charge is -2.43. The minimum atomic E-state index is -7.90.